The van der Waals surface area contributed by atoms with Crippen LogP contribution in [-0.4, -0.2) is 10.8 Å². The largest absolute Gasteiger partial charge is 0.399 e. The predicted molar refractivity (Wildman–Crippen MR) is 44.3 cm³/mol. The van der Waals surface area contributed by atoms with E-state index in [0.717, 1.165) is 5.57 Å². The van der Waals surface area contributed by atoms with E-state index in [9.17, 15) is 5.11 Å². The van der Waals surface area contributed by atoms with Gasteiger partial charge in [-0.1, -0.05) is 18.6 Å². The lowest BCUT2D eigenvalue weighted by Gasteiger charge is -2.33. The van der Waals surface area contributed by atoms with Crippen LogP contribution in [-0.2, 0) is 0 Å². The van der Waals surface area contributed by atoms with Gasteiger partial charge in [0.1, 0.15) is 0 Å². The minimum Gasteiger partial charge on any atom is -0.399 e. The van der Waals surface area contributed by atoms with Crippen LogP contribution in [0.4, 0.5) is 0 Å². The molecule has 62 valence electrons. The van der Waals surface area contributed by atoms with E-state index < -0.39 is 5.72 Å². The number of aliphatic hydroxyl groups is 1. The Morgan fingerprint density at radius 1 is 1.55 bits per heavy atom. The molecular weight excluding hydrogens is 140 g/mol. The summed E-state index contributed by atoms with van der Waals surface area (Å²) in [6.45, 7) is 3.77. The highest BCUT2D eigenvalue weighted by Gasteiger charge is 2.34. The van der Waals surface area contributed by atoms with Gasteiger partial charge in [-0.15, -0.1) is 0 Å². The van der Waals surface area contributed by atoms with Crippen molar-refractivity contribution in [2.45, 2.75) is 19.6 Å². The lowest BCUT2D eigenvalue weighted by atomic mass is 9.85. The van der Waals surface area contributed by atoms with Crippen molar-refractivity contribution in [2.24, 2.45) is 17.4 Å². The first-order chi connectivity index (χ1) is 4.96. The van der Waals surface area contributed by atoms with Crippen LogP contribution in [0.3, 0.4) is 0 Å². The van der Waals surface area contributed by atoms with Crippen LogP contribution in [0.2, 0.25) is 0 Å². The van der Waals surface area contributed by atoms with Crippen molar-refractivity contribution in [3.05, 3.63) is 23.4 Å². The average Bonchev–Trinajstić information content (AvgIpc) is 1.95. The highest BCUT2D eigenvalue weighted by Crippen LogP contribution is 2.27. The van der Waals surface area contributed by atoms with Gasteiger partial charge in [0.05, 0.1) is 5.70 Å². The summed E-state index contributed by atoms with van der Waals surface area (Å²) in [7, 11) is 0. The number of hydrogen-bond acceptors (Lipinski definition) is 3. The van der Waals surface area contributed by atoms with Gasteiger partial charge in [-0.3, -0.25) is 5.73 Å². The molecule has 0 fully saturated rings. The fourth-order valence-corrected chi connectivity index (χ4v) is 1.10. The molecule has 1 aliphatic carbocycles. The normalized spacial score (nSPS) is 38.0. The Morgan fingerprint density at radius 3 is 2.55 bits per heavy atom. The zero-order valence-corrected chi connectivity index (χ0v) is 6.83. The molecule has 0 radical (unpaired) electrons. The van der Waals surface area contributed by atoms with Crippen molar-refractivity contribution >= 4 is 0 Å². The Hall–Kier alpha value is -0.800. The van der Waals surface area contributed by atoms with Gasteiger partial charge >= 0.3 is 0 Å². The Labute approximate surface area is 66.4 Å². The molecule has 1 rings (SSSR count). The van der Waals surface area contributed by atoms with Crippen LogP contribution < -0.4 is 11.5 Å². The summed E-state index contributed by atoms with van der Waals surface area (Å²) >= 11 is 0. The molecular formula is C8H14N2O. The molecule has 0 aromatic heterocycles. The van der Waals surface area contributed by atoms with Crippen LogP contribution in [0.1, 0.15) is 13.8 Å². The third-order valence-electron chi connectivity index (χ3n) is 2.33. The topological polar surface area (TPSA) is 72.3 Å². The Bertz CT molecular complexity index is 228. The third-order valence-corrected chi connectivity index (χ3v) is 2.33. The van der Waals surface area contributed by atoms with Crippen LogP contribution in [0, 0.1) is 5.92 Å². The van der Waals surface area contributed by atoms with E-state index in [0.29, 0.717) is 5.70 Å². The van der Waals surface area contributed by atoms with Crippen LogP contribution in [0.15, 0.2) is 23.4 Å². The number of allylic oxidation sites excluding steroid dienone is 2. The van der Waals surface area contributed by atoms with Crippen molar-refractivity contribution in [2.75, 3.05) is 0 Å². The second-order valence-corrected chi connectivity index (χ2v) is 3.08. The first-order valence-corrected chi connectivity index (χ1v) is 3.62. The fourth-order valence-electron chi connectivity index (χ4n) is 1.10. The summed E-state index contributed by atoms with van der Waals surface area (Å²) in [6, 6.07) is 0. The molecule has 0 aliphatic heterocycles. The van der Waals surface area contributed by atoms with Gasteiger partial charge in [0.2, 0.25) is 0 Å². The van der Waals surface area contributed by atoms with Gasteiger partial charge in [-0.2, -0.15) is 0 Å². The highest BCUT2D eigenvalue weighted by molar-refractivity contribution is 5.30. The fraction of sp³-hybridized carbons (Fsp3) is 0.500. The van der Waals surface area contributed by atoms with E-state index in [1.807, 2.05) is 19.9 Å². The van der Waals surface area contributed by atoms with Gasteiger partial charge in [0, 0.05) is 5.92 Å². The maximum absolute atomic E-state index is 9.63. The summed E-state index contributed by atoms with van der Waals surface area (Å²) in [5, 5.41) is 9.63. The highest BCUT2D eigenvalue weighted by atomic mass is 16.3. The molecule has 3 heteroatoms. The van der Waals surface area contributed by atoms with Crippen molar-refractivity contribution < 1.29 is 5.11 Å². The molecule has 0 saturated carbocycles. The molecule has 0 amide bonds. The molecule has 2 atom stereocenters. The maximum atomic E-state index is 9.63. The zero-order valence-electron chi connectivity index (χ0n) is 6.83. The summed E-state index contributed by atoms with van der Waals surface area (Å²) in [5.74, 6) is -0.104. The lowest BCUT2D eigenvalue weighted by molar-refractivity contribution is 0.0414. The zero-order chi connectivity index (χ0) is 8.65. The first-order valence-electron chi connectivity index (χ1n) is 3.62. The Morgan fingerprint density at radius 2 is 2.09 bits per heavy atom. The second kappa shape index (κ2) is 2.36. The van der Waals surface area contributed by atoms with Crippen molar-refractivity contribution in [1.29, 1.82) is 0 Å². The summed E-state index contributed by atoms with van der Waals surface area (Å²) in [6.07, 6.45) is 3.52. The molecule has 0 saturated heterocycles. The van der Waals surface area contributed by atoms with Crippen molar-refractivity contribution in [3.8, 4) is 0 Å². The summed E-state index contributed by atoms with van der Waals surface area (Å²) in [5.41, 5.74) is 11.1. The lowest BCUT2D eigenvalue weighted by Crippen LogP contribution is -2.51. The van der Waals surface area contributed by atoms with Crippen LogP contribution >= 0.6 is 0 Å². The summed E-state index contributed by atoms with van der Waals surface area (Å²) < 4.78 is 0. The molecule has 11 heavy (non-hydrogen) atoms. The third kappa shape index (κ3) is 1.17. The molecule has 1 aliphatic rings. The smallest absolute Gasteiger partial charge is 0.160 e. The van der Waals surface area contributed by atoms with Gasteiger partial charge in [-0.05, 0) is 13.0 Å². The monoisotopic (exact) mass is 154 g/mol. The van der Waals surface area contributed by atoms with E-state index in [1.54, 1.807) is 6.08 Å². The van der Waals surface area contributed by atoms with Crippen LogP contribution in [0.25, 0.3) is 0 Å². The van der Waals surface area contributed by atoms with Gasteiger partial charge in [-0.25, -0.2) is 0 Å². The molecule has 5 N–H and O–H groups in total. The van der Waals surface area contributed by atoms with E-state index in [-0.39, 0.29) is 5.92 Å². The standard InChI is InChI=1S/C8H14N2O/c1-5-3-4-7(9)8(10,11)6(5)2/h3-4,6,11H,9-10H2,1-2H3. The molecule has 0 aromatic carbocycles. The Kier molecular flexibility index (Phi) is 1.78. The van der Waals surface area contributed by atoms with Gasteiger partial charge in [0.15, 0.2) is 5.72 Å². The summed E-state index contributed by atoms with van der Waals surface area (Å²) in [4.78, 5) is 0. The predicted octanol–water partition coefficient (Wildman–Crippen LogP) is 0.0723. The Balaban J connectivity index is 3.03. The maximum Gasteiger partial charge on any atom is 0.160 e. The van der Waals surface area contributed by atoms with Crippen molar-refractivity contribution in [3.63, 3.8) is 0 Å². The number of nitrogens with two attached hydrogens (primary N) is 2. The second-order valence-electron chi connectivity index (χ2n) is 3.08. The van der Waals surface area contributed by atoms with E-state index in [4.69, 9.17) is 11.5 Å². The molecule has 0 aromatic rings. The number of rotatable bonds is 0. The van der Waals surface area contributed by atoms with E-state index in [1.165, 1.54) is 0 Å². The SMILES string of the molecule is CC1=CC=C(N)C(N)(O)C1C. The van der Waals surface area contributed by atoms with E-state index >= 15 is 0 Å². The molecule has 3 nitrogen and oxygen atoms in total. The minimum atomic E-state index is -1.36. The molecule has 0 bridgehead atoms. The molecule has 0 heterocycles. The van der Waals surface area contributed by atoms with Gasteiger partial charge in [0.25, 0.3) is 0 Å². The van der Waals surface area contributed by atoms with E-state index in [2.05, 4.69) is 0 Å². The quantitative estimate of drug-likeness (QED) is 0.432. The minimum absolute atomic E-state index is 0.104. The molecule has 0 spiro atoms. The van der Waals surface area contributed by atoms with Crippen LogP contribution in [0.5, 0.6) is 0 Å². The van der Waals surface area contributed by atoms with Gasteiger partial charge < -0.3 is 10.8 Å². The average molecular weight is 154 g/mol. The number of hydrogen-bond donors (Lipinski definition) is 3. The first kappa shape index (κ1) is 8.30. The molecule has 2 unspecified atom stereocenters. The van der Waals surface area contributed by atoms with Crippen molar-refractivity contribution in [1.82, 2.24) is 0 Å².